The van der Waals surface area contributed by atoms with E-state index in [0.29, 0.717) is 12.2 Å². The van der Waals surface area contributed by atoms with Crippen molar-refractivity contribution in [3.8, 4) is 0 Å². The largest absolute Gasteiger partial charge is 0.372 e. The van der Waals surface area contributed by atoms with E-state index in [1.54, 1.807) is 11.8 Å². The average molecular weight is 207 g/mol. The molecule has 5 N–H and O–H groups in total. The number of carbonyl (C=O) groups is 2. The second-order valence-electron chi connectivity index (χ2n) is 2.28. The van der Waals surface area contributed by atoms with Crippen molar-refractivity contribution >= 4 is 23.8 Å². The highest BCUT2D eigenvalue weighted by atomic mass is 32.2. The van der Waals surface area contributed by atoms with Crippen LogP contribution in [0, 0.1) is 0 Å². The summed E-state index contributed by atoms with van der Waals surface area (Å²) >= 11 is 1.54. The molecular formula is C6H13N3O3S. The molecule has 0 heterocycles. The summed E-state index contributed by atoms with van der Waals surface area (Å²) in [7, 11) is 0. The smallest absolute Gasteiger partial charge is 0.347 e. The Balaban J connectivity index is 4.02. The van der Waals surface area contributed by atoms with Crippen LogP contribution in [0.1, 0.15) is 6.42 Å². The highest BCUT2D eigenvalue weighted by Gasteiger charge is 2.19. The van der Waals surface area contributed by atoms with Crippen LogP contribution in [-0.2, 0) is 9.63 Å². The molecule has 1 unspecified atom stereocenters. The van der Waals surface area contributed by atoms with Gasteiger partial charge in [-0.05, 0) is 18.4 Å². The lowest BCUT2D eigenvalue weighted by molar-refractivity contribution is -0.146. The predicted molar refractivity (Wildman–Crippen MR) is 49.8 cm³/mol. The summed E-state index contributed by atoms with van der Waals surface area (Å²) in [6.45, 7) is 0. The lowest BCUT2D eigenvalue weighted by atomic mass is 10.2. The van der Waals surface area contributed by atoms with E-state index in [2.05, 4.69) is 16.1 Å². The maximum Gasteiger partial charge on any atom is 0.347 e. The molecule has 0 radical (unpaired) electrons. The van der Waals surface area contributed by atoms with Gasteiger partial charge in [0.25, 0.3) is 0 Å². The van der Waals surface area contributed by atoms with Gasteiger partial charge in [0.05, 0.1) is 0 Å². The van der Waals surface area contributed by atoms with Crippen LogP contribution in [0.15, 0.2) is 0 Å². The molecule has 13 heavy (non-hydrogen) atoms. The Morgan fingerprint density at radius 2 is 2.23 bits per heavy atom. The Morgan fingerprint density at radius 3 is 2.62 bits per heavy atom. The lowest BCUT2D eigenvalue weighted by Crippen LogP contribution is -2.45. The second kappa shape index (κ2) is 6.55. The molecule has 0 aliphatic rings. The van der Waals surface area contributed by atoms with Gasteiger partial charge < -0.3 is 15.9 Å². The van der Waals surface area contributed by atoms with Crippen LogP contribution in [0.25, 0.3) is 0 Å². The fraction of sp³-hybridized carbons (Fsp3) is 0.667. The number of nitrogens with two attached hydrogens (primary N) is 2. The summed E-state index contributed by atoms with van der Waals surface area (Å²) < 4.78 is 0. The molecule has 0 rings (SSSR count). The van der Waals surface area contributed by atoms with Crippen LogP contribution < -0.4 is 16.9 Å². The molecule has 0 spiro atoms. The molecule has 76 valence electrons. The minimum atomic E-state index is -0.767. The summed E-state index contributed by atoms with van der Waals surface area (Å²) in [4.78, 5) is 25.4. The number of carbonyl (C=O) groups excluding carboxylic acids is 2. The third-order valence-corrected chi connectivity index (χ3v) is 1.97. The van der Waals surface area contributed by atoms with E-state index >= 15 is 0 Å². The summed E-state index contributed by atoms with van der Waals surface area (Å²) in [5.74, 6) is 4.69. The SMILES string of the molecule is CSCCC(NC(N)=O)C(=O)ON. The van der Waals surface area contributed by atoms with Crippen molar-refractivity contribution in [3.63, 3.8) is 0 Å². The molecule has 0 fully saturated rings. The molecule has 0 aromatic rings. The maximum absolute atomic E-state index is 10.9. The van der Waals surface area contributed by atoms with Gasteiger partial charge in [0, 0.05) is 0 Å². The molecule has 6 nitrogen and oxygen atoms in total. The van der Waals surface area contributed by atoms with Gasteiger partial charge in [0.1, 0.15) is 6.04 Å². The number of urea groups is 1. The molecule has 0 aromatic heterocycles. The molecule has 0 aliphatic carbocycles. The number of primary amides is 1. The Kier molecular flexibility index (Phi) is 6.07. The molecule has 2 amide bonds. The first-order chi connectivity index (χ1) is 6.11. The van der Waals surface area contributed by atoms with Gasteiger partial charge in [0.15, 0.2) is 0 Å². The predicted octanol–water partition coefficient (Wildman–Crippen LogP) is -0.807. The maximum atomic E-state index is 10.9. The highest BCUT2D eigenvalue weighted by Crippen LogP contribution is 2.01. The van der Waals surface area contributed by atoms with E-state index in [9.17, 15) is 9.59 Å². The van der Waals surface area contributed by atoms with Crippen molar-refractivity contribution in [1.29, 1.82) is 0 Å². The van der Waals surface area contributed by atoms with E-state index in [0.717, 1.165) is 0 Å². The quantitative estimate of drug-likeness (QED) is 0.511. The topological polar surface area (TPSA) is 107 Å². The van der Waals surface area contributed by atoms with E-state index in [4.69, 9.17) is 5.73 Å². The summed E-state index contributed by atoms with van der Waals surface area (Å²) in [5, 5.41) is 2.24. The van der Waals surface area contributed by atoms with Gasteiger partial charge >= 0.3 is 12.0 Å². The average Bonchev–Trinajstić information content (AvgIpc) is 2.10. The number of nitrogens with one attached hydrogen (secondary N) is 1. The van der Waals surface area contributed by atoms with Crippen LogP contribution in [0.2, 0.25) is 0 Å². The van der Waals surface area contributed by atoms with Crippen LogP contribution in [-0.4, -0.2) is 30.1 Å². The third-order valence-electron chi connectivity index (χ3n) is 1.33. The molecule has 0 saturated heterocycles. The molecular weight excluding hydrogens is 194 g/mol. The Bertz CT molecular complexity index is 188. The van der Waals surface area contributed by atoms with Crippen LogP contribution in [0.3, 0.4) is 0 Å². The van der Waals surface area contributed by atoms with Crippen molar-refractivity contribution < 1.29 is 14.4 Å². The zero-order valence-corrected chi connectivity index (χ0v) is 8.10. The van der Waals surface area contributed by atoms with Crippen molar-refractivity contribution in [2.75, 3.05) is 12.0 Å². The molecule has 0 bridgehead atoms. The summed E-state index contributed by atoms with van der Waals surface area (Å²) in [6.07, 6.45) is 2.33. The molecule has 0 aromatic carbocycles. The number of rotatable bonds is 5. The first-order valence-electron chi connectivity index (χ1n) is 3.57. The molecule has 0 aliphatic heterocycles. The first-order valence-corrected chi connectivity index (χ1v) is 4.96. The number of hydrogen-bond acceptors (Lipinski definition) is 5. The first kappa shape index (κ1) is 12.0. The minimum Gasteiger partial charge on any atom is -0.372 e. The van der Waals surface area contributed by atoms with Gasteiger partial charge in [0.2, 0.25) is 0 Å². The van der Waals surface area contributed by atoms with E-state index in [1.807, 2.05) is 6.26 Å². The molecule has 1 atom stereocenters. The van der Waals surface area contributed by atoms with E-state index < -0.39 is 18.0 Å². The standard InChI is InChI=1S/C6H13N3O3S/c1-13-3-2-4(5(10)12-8)9-6(7)11/h4H,2-3,8H2,1H3,(H3,7,9,11). The van der Waals surface area contributed by atoms with Crippen molar-refractivity contribution in [3.05, 3.63) is 0 Å². The summed E-state index contributed by atoms with van der Waals surface area (Å²) in [5.41, 5.74) is 4.85. The second-order valence-corrected chi connectivity index (χ2v) is 3.27. The van der Waals surface area contributed by atoms with Crippen molar-refractivity contribution in [2.24, 2.45) is 11.6 Å². The van der Waals surface area contributed by atoms with Crippen LogP contribution in [0.5, 0.6) is 0 Å². The number of hydrogen-bond donors (Lipinski definition) is 3. The van der Waals surface area contributed by atoms with Gasteiger partial charge in [-0.3, -0.25) is 0 Å². The fourth-order valence-corrected chi connectivity index (χ4v) is 1.21. The van der Waals surface area contributed by atoms with E-state index in [1.165, 1.54) is 0 Å². The Labute approximate surface area is 80.3 Å². The van der Waals surface area contributed by atoms with Gasteiger partial charge in [-0.1, -0.05) is 0 Å². The van der Waals surface area contributed by atoms with E-state index in [-0.39, 0.29) is 0 Å². The van der Waals surface area contributed by atoms with Gasteiger partial charge in [-0.25, -0.2) is 9.59 Å². The fourth-order valence-electron chi connectivity index (χ4n) is 0.739. The Morgan fingerprint density at radius 1 is 1.62 bits per heavy atom. The monoisotopic (exact) mass is 207 g/mol. The van der Waals surface area contributed by atoms with Crippen molar-refractivity contribution in [2.45, 2.75) is 12.5 Å². The number of thioether (sulfide) groups is 1. The van der Waals surface area contributed by atoms with Crippen molar-refractivity contribution in [1.82, 2.24) is 5.32 Å². The third kappa shape index (κ3) is 5.31. The molecule has 0 saturated carbocycles. The van der Waals surface area contributed by atoms with Crippen LogP contribution in [0.4, 0.5) is 4.79 Å². The van der Waals surface area contributed by atoms with Crippen LogP contribution >= 0.6 is 11.8 Å². The zero-order chi connectivity index (χ0) is 10.3. The number of amides is 2. The highest BCUT2D eigenvalue weighted by molar-refractivity contribution is 7.98. The zero-order valence-electron chi connectivity index (χ0n) is 7.28. The van der Waals surface area contributed by atoms with Gasteiger partial charge in [-0.2, -0.15) is 17.7 Å². The molecule has 7 heteroatoms. The van der Waals surface area contributed by atoms with Gasteiger partial charge in [-0.15, -0.1) is 0 Å². The summed E-state index contributed by atoms with van der Waals surface area (Å²) in [6, 6.07) is -1.52. The minimum absolute atomic E-state index is 0.445. The lowest BCUT2D eigenvalue weighted by Gasteiger charge is -2.13. The normalized spacial score (nSPS) is 11.8. The Hall–Kier alpha value is -0.950.